The number of hydrogen-bond donors (Lipinski definition) is 1. The molecule has 4 nitrogen and oxygen atoms in total. The maximum Gasteiger partial charge on any atom is 0.348 e. The SMILES string of the molecule is Cc1cc(C)n(CCO)c(=O)n1.[Cl-]. The molecule has 0 saturated carbocycles. The van der Waals surface area contributed by atoms with Crippen LogP contribution in [0.5, 0.6) is 0 Å². The molecule has 1 aromatic heterocycles. The summed E-state index contributed by atoms with van der Waals surface area (Å²) in [7, 11) is 0. The largest absolute Gasteiger partial charge is 1.00 e. The molecule has 0 aliphatic rings. The molecule has 0 saturated heterocycles. The van der Waals surface area contributed by atoms with Crippen LogP contribution in [0.4, 0.5) is 0 Å². The maximum atomic E-state index is 11.2. The van der Waals surface area contributed by atoms with Crippen LogP contribution in [0.15, 0.2) is 10.9 Å². The molecule has 1 aromatic rings. The molecule has 0 aliphatic heterocycles. The Balaban J connectivity index is 0.00000144. The molecule has 0 aromatic carbocycles. The van der Waals surface area contributed by atoms with Crippen LogP contribution in [0.2, 0.25) is 0 Å². The molecule has 0 fully saturated rings. The van der Waals surface area contributed by atoms with Gasteiger partial charge in [-0.2, -0.15) is 4.98 Å². The number of rotatable bonds is 2. The number of halogens is 1. The normalized spacial score (nSPS) is 9.46. The van der Waals surface area contributed by atoms with Crippen molar-refractivity contribution in [3.8, 4) is 0 Å². The highest BCUT2D eigenvalue weighted by atomic mass is 35.5. The lowest BCUT2D eigenvalue weighted by Crippen LogP contribution is -3.00. The highest BCUT2D eigenvalue weighted by Crippen LogP contribution is 1.95. The van der Waals surface area contributed by atoms with E-state index >= 15 is 0 Å². The highest BCUT2D eigenvalue weighted by Gasteiger charge is 2.00. The van der Waals surface area contributed by atoms with E-state index in [2.05, 4.69) is 4.98 Å². The van der Waals surface area contributed by atoms with E-state index in [0.717, 1.165) is 5.69 Å². The third kappa shape index (κ3) is 2.82. The first-order valence-corrected chi connectivity index (χ1v) is 3.81. The van der Waals surface area contributed by atoms with E-state index in [1.165, 1.54) is 4.57 Å². The topological polar surface area (TPSA) is 55.1 Å². The molecular formula is C8H12ClN2O2-. The summed E-state index contributed by atoms with van der Waals surface area (Å²) in [6, 6.07) is 1.82. The Kier molecular flexibility index (Phi) is 4.66. The average Bonchev–Trinajstić information content (AvgIpc) is 1.96. The van der Waals surface area contributed by atoms with Gasteiger partial charge in [-0.05, 0) is 19.9 Å². The minimum Gasteiger partial charge on any atom is -1.00 e. The van der Waals surface area contributed by atoms with Crippen molar-refractivity contribution in [3.05, 3.63) is 27.9 Å². The van der Waals surface area contributed by atoms with E-state index in [1.54, 1.807) is 6.92 Å². The second kappa shape index (κ2) is 4.99. The summed E-state index contributed by atoms with van der Waals surface area (Å²) in [5.74, 6) is 0. The zero-order valence-corrected chi connectivity index (χ0v) is 8.38. The minimum absolute atomic E-state index is 0. The summed E-state index contributed by atoms with van der Waals surface area (Å²) in [4.78, 5) is 14.9. The van der Waals surface area contributed by atoms with E-state index in [4.69, 9.17) is 5.11 Å². The van der Waals surface area contributed by atoms with Gasteiger partial charge in [-0.25, -0.2) is 4.79 Å². The van der Waals surface area contributed by atoms with Gasteiger partial charge in [0.1, 0.15) is 0 Å². The molecule has 74 valence electrons. The van der Waals surface area contributed by atoms with Crippen molar-refractivity contribution in [1.29, 1.82) is 0 Å². The Morgan fingerprint density at radius 3 is 2.62 bits per heavy atom. The second-order valence-corrected chi connectivity index (χ2v) is 2.70. The Morgan fingerprint density at radius 2 is 2.15 bits per heavy atom. The van der Waals surface area contributed by atoms with Gasteiger partial charge in [-0.15, -0.1) is 0 Å². The third-order valence-electron chi connectivity index (χ3n) is 1.67. The van der Waals surface area contributed by atoms with E-state index < -0.39 is 0 Å². The summed E-state index contributed by atoms with van der Waals surface area (Å²) in [5, 5.41) is 8.65. The molecule has 0 spiro atoms. The molecule has 0 radical (unpaired) electrons. The van der Waals surface area contributed by atoms with Crippen molar-refractivity contribution in [2.45, 2.75) is 20.4 Å². The molecule has 1 rings (SSSR count). The predicted molar refractivity (Wildman–Crippen MR) is 45.1 cm³/mol. The molecule has 1 N–H and O–H groups in total. The number of hydrogen-bond acceptors (Lipinski definition) is 3. The maximum absolute atomic E-state index is 11.2. The average molecular weight is 204 g/mol. The van der Waals surface area contributed by atoms with Gasteiger partial charge in [0.25, 0.3) is 0 Å². The van der Waals surface area contributed by atoms with Crippen molar-refractivity contribution in [2.24, 2.45) is 0 Å². The fraction of sp³-hybridized carbons (Fsp3) is 0.500. The van der Waals surface area contributed by atoms with Crippen molar-refractivity contribution in [3.63, 3.8) is 0 Å². The Labute approximate surface area is 82.6 Å². The lowest BCUT2D eigenvalue weighted by atomic mass is 10.3. The fourth-order valence-electron chi connectivity index (χ4n) is 1.15. The van der Waals surface area contributed by atoms with Gasteiger partial charge in [-0.1, -0.05) is 0 Å². The van der Waals surface area contributed by atoms with Gasteiger partial charge < -0.3 is 17.5 Å². The molecule has 0 unspecified atom stereocenters. The van der Waals surface area contributed by atoms with Gasteiger partial charge in [0, 0.05) is 11.4 Å². The summed E-state index contributed by atoms with van der Waals surface area (Å²) < 4.78 is 1.45. The Hall–Kier alpha value is -0.870. The Bertz CT molecular complexity index is 335. The van der Waals surface area contributed by atoms with Crippen LogP contribution in [0.3, 0.4) is 0 Å². The standard InChI is InChI=1S/C8H12N2O2.ClH/c1-6-5-7(2)10(3-4-11)8(12)9-6;/h5,11H,3-4H2,1-2H3;1H/p-1. The van der Waals surface area contributed by atoms with E-state index in [-0.39, 0.29) is 24.7 Å². The van der Waals surface area contributed by atoms with Crippen LogP contribution < -0.4 is 18.1 Å². The lowest BCUT2D eigenvalue weighted by molar-refractivity contribution is -0.00000394. The number of aromatic nitrogens is 2. The third-order valence-corrected chi connectivity index (χ3v) is 1.67. The molecule has 5 heteroatoms. The molecule has 13 heavy (non-hydrogen) atoms. The molecule has 0 bridgehead atoms. The van der Waals surface area contributed by atoms with E-state index in [0.29, 0.717) is 12.2 Å². The predicted octanol–water partition coefficient (Wildman–Crippen LogP) is -3.14. The smallest absolute Gasteiger partial charge is 0.348 e. The van der Waals surface area contributed by atoms with E-state index in [1.807, 2.05) is 13.0 Å². The zero-order valence-electron chi connectivity index (χ0n) is 7.62. The summed E-state index contributed by atoms with van der Waals surface area (Å²) in [6.45, 7) is 3.88. The summed E-state index contributed by atoms with van der Waals surface area (Å²) in [5.41, 5.74) is 1.26. The molecule has 0 atom stereocenters. The molecular weight excluding hydrogens is 192 g/mol. The summed E-state index contributed by atoms with van der Waals surface area (Å²) in [6.07, 6.45) is 0. The van der Waals surface area contributed by atoms with Gasteiger partial charge in [0.2, 0.25) is 0 Å². The quantitative estimate of drug-likeness (QED) is 0.553. The van der Waals surface area contributed by atoms with Crippen LogP contribution in [0.1, 0.15) is 11.4 Å². The number of aliphatic hydroxyl groups excluding tert-OH is 1. The van der Waals surface area contributed by atoms with Crippen molar-refractivity contribution < 1.29 is 17.5 Å². The van der Waals surface area contributed by atoms with Gasteiger partial charge in [0.05, 0.1) is 13.2 Å². The van der Waals surface area contributed by atoms with Crippen molar-refractivity contribution in [2.75, 3.05) is 6.61 Å². The first-order valence-electron chi connectivity index (χ1n) is 3.81. The molecule has 0 aliphatic carbocycles. The number of aryl methyl sites for hydroxylation is 2. The second-order valence-electron chi connectivity index (χ2n) is 2.70. The lowest BCUT2D eigenvalue weighted by Gasteiger charge is -2.06. The van der Waals surface area contributed by atoms with Crippen LogP contribution in [0.25, 0.3) is 0 Å². The zero-order chi connectivity index (χ0) is 9.14. The van der Waals surface area contributed by atoms with Crippen LogP contribution >= 0.6 is 0 Å². The molecule has 0 amide bonds. The molecule has 1 heterocycles. The number of nitrogens with zero attached hydrogens (tertiary/aromatic N) is 2. The van der Waals surface area contributed by atoms with Crippen molar-refractivity contribution >= 4 is 0 Å². The minimum atomic E-state index is -0.290. The van der Waals surface area contributed by atoms with Crippen LogP contribution in [-0.4, -0.2) is 21.3 Å². The highest BCUT2D eigenvalue weighted by molar-refractivity contribution is 5.06. The van der Waals surface area contributed by atoms with Gasteiger partial charge in [-0.3, -0.25) is 4.57 Å². The fourth-order valence-corrected chi connectivity index (χ4v) is 1.15. The van der Waals surface area contributed by atoms with Gasteiger partial charge in [0.15, 0.2) is 0 Å². The van der Waals surface area contributed by atoms with Crippen LogP contribution in [-0.2, 0) is 6.54 Å². The Morgan fingerprint density at radius 1 is 1.54 bits per heavy atom. The summed E-state index contributed by atoms with van der Waals surface area (Å²) >= 11 is 0. The first-order chi connectivity index (χ1) is 5.65. The van der Waals surface area contributed by atoms with Crippen molar-refractivity contribution in [1.82, 2.24) is 9.55 Å². The van der Waals surface area contributed by atoms with Gasteiger partial charge >= 0.3 is 5.69 Å². The first kappa shape index (κ1) is 12.1. The van der Waals surface area contributed by atoms with E-state index in [9.17, 15) is 4.79 Å². The van der Waals surface area contributed by atoms with Crippen LogP contribution in [0, 0.1) is 13.8 Å². The monoisotopic (exact) mass is 203 g/mol. The number of aliphatic hydroxyl groups is 1.